The Balaban J connectivity index is 1.90. The zero-order valence-corrected chi connectivity index (χ0v) is 16.0. The predicted molar refractivity (Wildman–Crippen MR) is 101 cm³/mol. The highest BCUT2D eigenvalue weighted by atomic mass is 35.5. The van der Waals surface area contributed by atoms with Crippen molar-refractivity contribution >= 4 is 29.6 Å². The Kier molecular flexibility index (Phi) is 6.58. The summed E-state index contributed by atoms with van der Waals surface area (Å²) in [7, 11) is 3.40. The molecule has 138 valence electrons. The number of likely N-dealkylation sites (N-methyl/N-ethyl adjacent to an activating group) is 1. The molecule has 6 nitrogen and oxygen atoms in total. The van der Waals surface area contributed by atoms with Crippen molar-refractivity contribution in [1.29, 1.82) is 0 Å². The standard InChI is InChI=1S/C19H22ClN3O3/c1-13-16(19(20)23(4)21-13)10-11-18(25)26-12-17(24)22(3)14(2)15-8-6-5-7-9-15/h5-11,14H,12H2,1-4H3/b11-10+. The van der Waals surface area contributed by atoms with Gasteiger partial charge in [0.25, 0.3) is 5.91 Å². The van der Waals surface area contributed by atoms with Crippen LogP contribution in [0.1, 0.15) is 29.8 Å². The van der Waals surface area contributed by atoms with Gasteiger partial charge in [-0.3, -0.25) is 9.48 Å². The van der Waals surface area contributed by atoms with Crippen molar-refractivity contribution in [2.45, 2.75) is 19.9 Å². The number of aryl methyl sites for hydroxylation is 2. The third kappa shape index (κ3) is 4.73. The van der Waals surface area contributed by atoms with E-state index in [0.29, 0.717) is 16.4 Å². The second-order valence-electron chi connectivity index (χ2n) is 5.95. The number of amides is 1. The van der Waals surface area contributed by atoms with Crippen LogP contribution in [-0.4, -0.2) is 40.2 Å². The molecule has 0 N–H and O–H groups in total. The number of esters is 1. The fourth-order valence-electron chi connectivity index (χ4n) is 2.44. The molecule has 1 aromatic carbocycles. The quantitative estimate of drug-likeness (QED) is 0.574. The Morgan fingerprint density at radius 3 is 2.58 bits per heavy atom. The van der Waals surface area contributed by atoms with Crippen LogP contribution in [0.15, 0.2) is 36.4 Å². The summed E-state index contributed by atoms with van der Waals surface area (Å²) >= 11 is 6.10. The number of hydrogen-bond acceptors (Lipinski definition) is 4. The largest absolute Gasteiger partial charge is 0.452 e. The molecule has 1 aromatic heterocycles. The van der Waals surface area contributed by atoms with Crippen LogP contribution in [0.3, 0.4) is 0 Å². The molecule has 0 aliphatic carbocycles. The molecule has 7 heteroatoms. The van der Waals surface area contributed by atoms with E-state index in [4.69, 9.17) is 16.3 Å². The lowest BCUT2D eigenvalue weighted by molar-refractivity contribution is -0.148. The molecule has 1 amide bonds. The SMILES string of the molecule is Cc1nn(C)c(Cl)c1/C=C/C(=O)OCC(=O)N(C)C(C)c1ccccc1. The van der Waals surface area contributed by atoms with E-state index in [0.717, 1.165) is 5.56 Å². The van der Waals surface area contributed by atoms with Crippen molar-refractivity contribution in [1.82, 2.24) is 14.7 Å². The van der Waals surface area contributed by atoms with E-state index in [2.05, 4.69) is 5.10 Å². The van der Waals surface area contributed by atoms with Crippen molar-refractivity contribution in [3.63, 3.8) is 0 Å². The number of ether oxygens (including phenoxy) is 1. The summed E-state index contributed by atoms with van der Waals surface area (Å²) in [6.07, 6.45) is 2.78. The third-order valence-corrected chi connectivity index (χ3v) is 4.62. The number of halogens is 1. The van der Waals surface area contributed by atoms with Crippen molar-refractivity contribution in [3.8, 4) is 0 Å². The lowest BCUT2D eigenvalue weighted by atomic mass is 10.1. The van der Waals surface area contributed by atoms with Crippen LogP contribution >= 0.6 is 11.6 Å². The van der Waals surface area contributed by atoms with Gasteiger partial charge in [0.15, 0.2) is 6.61 Å². The van der Waals surface area contributed by atoms with Gasteiger partial charge in [0, 0.05) is 25.7 Å². The number of nitrogens with zero attached hydrogens (tertiary/aromatic N) is 3. The summed E-state index contributed by atoms with van der Waals surface area (Å²) in [4.78, 5) is 25.7. The second-order valence-corrected chi connectivity index (χ2v) is 6.30. The highest BCUT2D eigenvalue weighted by molar-refractivity contribution is 6.31. The van der Waals surface area contributed by atoms with E-state index in [9.17, 15) is 9.59 Å². The van der Waals surface area contributed by atoms with E-state index in [1.165, 1.54) is 16.8 Å². The molecule has 2 rings (SSSR count). The molecule has 0 spiro atoms. The van der Waals surface area contributed by atoms with Gasteiger partial charge in [-0.25, -0.2) is 4.79 Å². The molecule has 0 bridgehead atoms. The molecule has 1 heterocycles. The molecule has 1 unspecified atom stereocenters. The number of carbonyl (C=O) groups excluding carboxylic acids is 2. The van der Waals surface area contributed by atoms with Gasteiger partial charge in [-0.1, -0.05) is 41.9 Å². The van der Waals surface area contributed by atoms with Crippen LogP contribution in [0.5, 0.6) is 0 Å². The number of benzene rings is 1. The van der Waals surface area contributed by atoms with Crippen LogP contribution < -0.4 is 0 Å². The highest BCUT2D eigenvalue weighted by Crippen LogP contribution is 2.20. The van der Waals surface area contributed by atoms with Gasteiger partial charge in [0.2, 0.25) is 0 Å². The minimum Gasteiger partial charge on any atom is -0.452 e. The van der Waals surface area contributed by atoms with Gasteiger partial charge in [-0.15, -0.1) is 0 Å². The summed E-state index contributed by atoms with van der Waals surface area (Å²) in [5.74, 6) is -0.892. The fraction of sp³-hybridized carbons (Fsp3) is 0.316. The molecule has 0 aliphatic rings. The maximum absolute atomic E-state index is 12.2. The minimum absolute atomic E-state index is 0.116. The van der Waals surface area contributed by atoms with Crippen molar-refractivity contribution in [3.05, 3.63) is 58.4 Å². The predicted octanol–water partition coefficient (Wildman–Crippen LogP) is 3.16. The molecule has 0 aliphatic heterocycles. The van der Waals surface area contributed by atoms with Gasteiger partial charge in [0.05, 0.1) is 11.7 Å². The summed E-state index contributed by atoms with van der Waals surface area (Å²) in [5, 5.41) is 4.58. The molecule has 0 saturated heterocycles. The van der Waals surface area contributed by atoms with Gasteiger partial charge in [-0.05, 0) is 25.5 Å². The summed E-state index contributed by atoms with van der Waals surface area (Å²) in [5.41, 5.74) is 2.36. The maximum atomic E-state index is 12.2. The number of hydrogen-bond donors (Lipinski definition) is 0. The smallest absolute Gasteiger partial charge is 0.331 e. The summed E-state index contributed by atoms with van der Waals surface area (Å²) < 4.78 is 6.55. The molecule has 26 heavy (non-hydrogen) atoms. The number of rotatable bonds is 6. The average molecular weight is 376 g/mol. The zero-order valence-electron chi connectivity index (χ0n) is 15.3. The monoisotopic (exact) mass is 375 g/mol. The second kappa shape index (κ2) is 8.67. The Labute approximate surface area is 158 Å². The normalized spacial score (nSPS) is 12.2. The number of aromatic nitrogens is 2. The minimum atomic E-state index is -0.613. The molecular formula is C19H22ClN3O3. The molecular weight excluding hydrogens is 354 g/mol. The Bertz CT molecular complexity index is 815. The molecule has 0 fully saturated rings. The van der Waals surface area contributed by atoms with E-state index in [1.54, 1.807) is 25.9 Å². The molecule has 1 atom stereocenters. The summed E-state index contributed by atoms with van der Waals surface area (Å²) in [6.45, 7) is 3.39. The first kappa shape index (κ1) is 19.7. The zero-order chi connectivity index (χ0) is 19.3. The first-order valence-corrected chi connectivity index (χ1v) is 8.53. The van der Waals surface area contributed by atoms with Crippen LogP contribution in [0, 0.1) is 6.92 Å². The van der Waals surface area contributed by atoms with E-state index >= 15 is 0 Å². The highest BCUT2D eigenvalue weighted by Gasteiger charge is 2.18. The van der Waals surface area contributed by atoms with Crippen LogP contribution in [0.2, 0.25) is 5.15 Å². The summed E-state index contributed by atoms with van der Waals surface area (Å²) in [6, 6.07) is 9.53. The first-order chi connectivity index (χ1) is 12.3. The average Bonchev–Trinajstić information content (AvgIpc) is 2.89. The molecule has 2 aromatic rings. The lowest BCUT2D eigenvalue weighted by Crippen LogP contribution is -2.33. The fourth-order valence-corrected chi connectivity index (χ4v) is 2.68. The van der Waals surface area contributed by atoms with E-state index in [-0.39, 0.29) is 18.6 Å². The van der Waals surface area contributed by atoms with Crippen molar-refractivity contribution < 1.29 is 14.3 Å². The van der Waals surface area contributed by atoms with Gasteiger partial charge >= 0.3 is 5.97 Å². The maximum Gasteiger partial charge on any atom is 0.331 e. The van der Waals surface area contributed by atoms with Crippen LogP contribution in [0.25, 0.3) is 6.08 Å². The van der Waals surface area contributed by atoms with E-state index in [1.807, 2.05) is 37.3 Å². The Morgan fingerprint density at radius 1 is 1.35 bits per heavy atom. The lowest BCUT2D eigenvalue weighted by Gasteiger charge is -2.25. The Hall–Kier alpha value is -2.60. The van der Waals surface area contributed by atoms with Gasteiger partial charge in [0.1, 0.15) is 5.15 Å². The van der Waals surface area contributed by atoms with Crippen molar-refractivity contribution in [2.24, 2.45) is 7.05 Å². The third-order valence-electron chi connectivity index (χ3n) is 4.18. The molecule has 0 saturated carbocycles. The first-order valence-electron chi connectivity index (χ1n) is 8.15. The van der Waals surface area contributed by atoms with Gasteiger partial charge in [-0.2, -0.15) is 5.10 Å². The number of carbonyl (C=O) groups is 2. The van der Waals surface area contributed by atoms with E-state index < -0.39 is 5.97 Å². The van der Waals surface area contributed by atoms with Crippen LogP contribution in [0.4, 0.5) is 0 Å². The molecule has 0 radical (unpaired) electrons. The van der Waals surface area contributed by atoms with Crippen molar-refractivity contribution in [2.75, 3.05) is 13.7 Å². The van der Waals surface area contributed by atoms with Gasteiger partial charge < -0.3 is 9.64 Å². The topological polar surface area (TPSA) is 64.4 Å². The Morgan fingerprint density at radius 2 is 2.00 bits per heavy atom. The van der Waals surface area contributed by atoms with Crippen LogP contribution in [-0.2, 0) is 21.4 Å².